The number of rotatable bonds is 14. The lowest BCUT2D eigenvalue weighted by atomic mass is 9.81. The van der Waals surface area contributed by atoms with Gasteiger partial charge in [0, 0.05) is 59.6 Å². The van der Waals surface area contributed by atoms with Crippen molar-refractivity contribution >= 4 is 33.1 Å². The van der Waals surface area contributed by atoms with E-state index in [1.165, 1.54) is 23.0 Å². The van der Waals surface area contributed by atoms with Crippen LogP contribution < -0.4 is 10.2 Å². The molecule has 3 heterocycles. The topological polar surface area (TPSA) is 141 Å². The van der Waals surface area contributed by atoms with E-state index in [1.54, 1.807) is 19.1 Å². The highest BCUT2D eigenvalue weighted by Crippen LogP contribution is 2.48. The Bertz CT molecular complexity index is 2360. The quantitative estimate of drug-likeness (QED) is 0.0571. The molecule has 11 nitrogen and oxygen atoms in total. The monoisotopic (exact) mass is 772 g/mol. The molecule has 290 valence electrons. The van der Waals surface area contributed by atoms with E-state index in [-0.39, 0.29) is 16.2 Å². The number of hydrogen-bond acceptors (Lipinski definition) is 8. The van der Waals surface area contributed by atoms with Gasteiger partial charge in [0.2, 0.25) is 17.4 Å². The van der Waals surface area contributed by atoms with Gasteiger partial charge in [-0.15, -0.1) is 20.4 Å². The number of unbranched alkanes of at least 4 members (excludes halogenated alkanes) is 2. The Morgan fingerprint density at radius 2 is 1.54 bits per heavy atom. The van der Waals surface area contributed by atoms with Crippen molar-refractivity contribution in [3.63, 3.8) is 0 Å². The molecule has 12 heteroatoms. The van der Waals surface area contributed by atoms with Gasteiger partial charge in [-0.1, -0.05) is 93.1 Å². The predicted molar refractivity (Wildman–Crippen MR) is 221 cm³/mol. The number of hydrogen-bond donors (Lipinski definition) is 2. The molecule has 2 N–H and O–H groups in total. The van der Waals surface area contributed by atoms with Gasteiger partial charge in [0.25, 0.3) is 10.1 Å². The van der Waals surface area contributed by atoms with Crippen molar-refractivity contribution in [2.45, 2.75) is 82.6 Å². The highest BCUT2D eigenvalue weighted by Gasteiger charge is 2.42. The van der Waals surface area contributed by atoms with Crippen LogP contribution in [0.2, 0.25) is 0 Å². The van der Waals surface area contributed by atoms with Gasteiger partial charge in [-0.2, -0.15) is 13.0 Å². The van der Waals surface area contributed by atoms with Crippen LogP contribution in [0.5, 0.6) is 0 Å². The van der Waals surface area contributed by atoms with Crippen LogP contribution in [-0.4, -0.2) is 63.2 Å². The Morgan fingerprint density at radius 1 is 0.839 bits per heavy atom. The molecule has 0 radical (unpaired) electrons. The number of allylic oxidation sites excluding steroid dienone is 8. The maximum absolute atomic E-state index is 12.7. The van der Waals surface area contributed by atoms with Crippen LogP contribution in [0, 0.1) is 6.92 Å². The van der Waals surface area contributed by atoms with E-state index in [0.29, 0.717) is 31.2 Å². The Hall–Kier alpha value is -5.59. The van der Waals surface area contributed by atoms with Crippen molar-refractivity contribution in [1.82, 2.24) is 25.7 Å². The molecule has 0 atom stereocenters. The molecule has 0 saturated heterocycles. The summed E-state index contributed by atoms with van der Waals surface area (Å²) in [4.78, 5) is 14.8. The molecule has 0 fully saturated rings. The van der Waals surface area contributed by atoms with E-state index in [0.717, 1.165) is 47.3 Å². The van der Waals surface area contributed by atoms with Crippen LogP contribution in [-0.2, 0) is 32.3 Å². The average Bonchev–Trinajstić information content (AvgIpc) is 3.50. The highest BCUT2D eigenvalue weighted by atomic mass is 32.2. The van der Waals surface area contributed by atoms with Crippen LogP contribution in [0.3, 0.4) is 0 Å². The largest absolute Gasteiger partial charge is 0.352 e. The number of aryl methyl sites for hydroxylation is 1. The molecule has 0 saturated carbocycles. The van der Waals surface area contributed by atoms with E-state index in [1.807, 2.05) is 48.6 Å². The summed E-state index contributed by atoms with van der Waals surface area (Å²) < 4.78 is 36.2. The molecule has 2 aliphatic heterocycles. The molecule has 4 aromatic rings. The molecular formula is C44H50N7O4S+. The zero-order chi connectivity index (χ0) is 40.1. The molecule has 2 aliphatic rings. The minimum Gasteiger partial charge on any atom is -0.352 e. The number of para-hydroxylation sites is 1. The fraction of sp³-hybridized carbons (Fsp3) is 0.318. The van der Waals surface area contributed by atoms with Crippen molar-refractivity contribution in [3.8, 4) is 11.4 Å². The molecular weight excluding hydrogens is 723 g/mol. The highest BCUT2D eigenvalue weighted by molar-refractivity contribution is 7.85. The van der Waals surface area contributed by atoms with Gasteiger partial charge < -0.3 is 10.2 Å². The second-order valence-electron chi connectivity index (χ2n) is 15.3. The Balaban J connectivity index is 1.05. The number of carbonyl (C=O) groups is 1. The summed E-state index contributed by atoms with van der Waals surface area (Å²) in [6.07, 6.45) is 17.1. The maximum atomic E-state index is 12.7. The van der Waals surface area contributed by atoms with E-state index in [9.17, 15) is 17.8 Å². The first-order valence-corrected chi connectivity index (χ1v) is 20.3. The van der Waals surface area contributed by atoms with Crippen LogP contribution in [0.1, 0.15) is 75.9 Å². The second-order valence-corrected chi connectivity index (χ2v) is 16.7. The zero-order valence-corrected chi connectivity index (χ0v) is 33.7. The molecule has 0 aliphatic carbocycles. The number of fused-ring (bicyclic) bond motifs is 2. The third-order valence-corrected chi connectivity index (χ3v) is 11.5. The minimum absolute atomic E-state index is 0.00831. The fourth-order valence-electron chi connectivity index (χ4n) is 7.53. The molecule has 3 aromatic carbocycles. The van der Waals surface area contributed by atoms with Gasteiger partial charge in [-0.05, 0) is 69.0 Å². The molecule has 0 bridgehead atoms. The third kappa shape index (κ3) is 8.77. The number of aromatic nitrogens is 4. The van der Waals surface area contributed by atoms with Gasteiger partial charge in [-0.25, -0.2) is 0 Å². The summed E-state index contributed by atoms with van der Waals surface area (Å²) >= 11 is 0. The SMILES string of the molecule is Cc1nnc(-c2ccc(CNC(=O)CCCCCN3C(=CC=CC=CC=CC4=[N+](C)c5ccccc5C4(C)C)C(C)(C)c4cc(S(=O)(=O)O)ccc43)cc2)nn1. The van der Waals surface area contributed by atoms with Crippen molar-refractivity contribution in [1.29, 1.82) is 0 Å². The van der Waals surface area contributed by atoms with Crippen LogP contribution >= 0.6 is 0 Å². The first-order valence-electron chi connectivity index (χ1n) is 18.9. The summed E-state index contributed by atoms with van der Waals surface area (Å²) in [5, 5.41) is 19.0. The molecule has 1 amide bonds. The number of amides is 1. The summed E-state index contributed by atoms with van der Waals surface area (Å²) in [6, 6.07) is 20.9. The molecule has 0 spiro atoms. The normalized spacial score (nSPS) is 16.8. The van der Waals surface area contributed by atoms with Crippen LogP contribution in [0.4, 0.5) is 11.4 Å². The number of carbonyl (C=O) groups excluding carboxylic acids is 1. The van der Waals surface area contributed by atoms with Crippen LogP contribution in [0.25, 0.3) is 11.4 Å². The average molecular weight is 773 g/mol. The van der Waals surface area contributed by atoms with Crippen molar-refractivity contribution in [2.24, 2.45) is 0 Å². The summed E-state index contributed by atoms with van der Waals surface area (Å²) in [5.74, 6) is 0.955. The van der Waals surface area contributed by atoms with Gasteiger partial charge >= 0.3 is 0 Å². The van der Waals surface area contributed by atoms with E-state index >= 15 is 0 Å². The molecule has 1 aromatic heterocycles. The zero-order valence-electron chi connectivity index (χ0n) is 32.9. The third-order valence-electron chi connectivity index (χ3n) is 10.6. The van der Waals surface area contributed by atoms with Crippen molar-refractivity contribution in [3.05, 3.63) is 137 Å². The van der Waals surface area contributed by atoms with Crippen LogP contribution in [0.15, 0.2) is 120 Å². The van der Waals surface area contributed by atoms with Gasteiger partial charge in [0.1, 0.15) is 7.05 Å². The van der Waals surface area contributed by atoms with E-state index in [2.05, 4.69) is 112 Å². The number of benzene rings is 3. The first kappa shape index (κ1) is 40.1. The Morgan fingerprint density at radius 3 is 2.25 bits per heavy atom. The second kappa shape index (κ2) is 16.6. The lowest BCUT2D eigenvalue weighted by Crippen LogP contribution is -2.27. The van der Waals surface area contributed by atoms with E-state index < -0.39 is 15.5 Å². The number of anilines is 1. The van der Waals surface area contributed by atoms with Gasteiger partial charge in [0.05, 0.1) is 10.3 Å². The standard InChI is InChI=1S/C44H49N7O4S/c1-31-46-48-42(49-47-31)33-24-22-32(23-25-33)30-45-41(52)21-13-10-16-28-51-38-27-26-34(56(53,54)55)29-36(38)44(4,5)40(51)20-12-9-7-8-11-19-39-43(2,3)35-17-14-15-18-37(35)50(39)6/h7-9,11-12,14-15,17-20,22-27,29H,10,13,16,21,28,30H2,1-6H3,(H-,45,52,53,54,55)/p+1. The Labute approximate surface area is 330 Å². The Kier molecular flexibility index (Phi) is 11.9. The number of nitrogens with zero attached hydrogens (tertiary/aromatic N) is 6. The summed E-state index contributed by atoms with van der Waals surface area (Å²) in [7, 11) is -2.26. The lowest BCUT2D eigenvalue weighted by Gasteiger charge is -2.27. The predicted octanol–water partition coefficient (Wildman–Crippen LogP) is 7.72. The fourth-order valence-corrected chi connectivity index (χ4v) is 8.04. The van der Waals surface area contributed by atoms with Gasteiger partial charge in [0.15, 0.2) is 11.5 Å². The van der Waals surface area contributed by atoms with Crippen molar-refractivity contribution < 1.29 is 22.3 Å². The maximum Gasteiger partial charge on any atom is 0.294 e. The smallest absolute Gasteiger partial charge is 0.294 e. The lowest BCUT2D eigenvalue weighted by molar-refractivity contribution is -0.401. The molecule has 0 unspecified atom stereocenters. The molecule has 6 rings (SSSR count). The summed E-state index contributed by atoms with van der Waals surface area (Å²) in [5.41, 5.74) is 7.70. The van der Waals surface area contributed by atoms with Crippen molar-refractivity contribution in [2.75, 3.05) is 18.5 Å². The first-order chi connectivity index (χ1) is 26.7. The number of nitrogens with one attached hydrogen (secondary N) is 1. The van der Waals surface area contributed by atoms with Gasteiger partial charge in [-0.3, -0.25) is 9.35 Å². The molecule has 56 heavy (non-hydrogen) atoms. The minimum atomic E-state index is -4.36. The van der Waals surface area contributed by atoms with E-state index in [4.69, 9.17) is 0 Å². The summed E-state index contributed by atoms with van der Waals surface area (Å²) in [6.45, 7) is 11.5.